The molecule has 0 spiro atoms. The summed E-state index contributed by atoms with van der Waals surface area (Å²) >= 11 is 0. The molecule has 3 heteroatoms. The predicted molar refractivity (Wildman–Crippen MR) is 47.6 cm³/mol. The lowest BCUT2D eigenvalue weighted by molar-refractivity contribution is 1.38. The Morgan fingerprint density at radius 2 is 2.00 bits per heavy atom. The number of hydrogen-bond donors (Lipinski definition) is 2. The average Bonchev–Trinajstić information content (AvgIpc) is 2.06. The largest absolute Gasteiger partial charge is 0.370 e. The predicted octanol–water partition coefficient (Wildman–Crippen LogP) is 1.04. The molecule has 0 aliphatic rings. The van der Waals surface area contributed by atoms with Crippen LogP contribution in [0.2, 0.25) is 0 Å². The number of guanidine groups is 1. The van der Waals surface area contributed by atoms with E-state index in [-0.39, 0.29) is 0 Å². The Kier molecular flexibility index (Phi) is 2.49. The summed E-state index contributed by atoms with van der Waals surface area (Å²) in [6, 6.07) is 9.68. The summed E-state index contributed by atoms with van der Waals surface area (Å²) in [7, 11) is 1.64. The molecule has 3 N–H and O–H groups in total. The molecule has 0 heterocycles. The van der Waals surface area contributed by atoms with Crippen LogP contribution in [0.3, 0.4) is 0 Å². The van der Waals surface area contributed by atoms with E-state index in [1.807, 2.05) is 30.3 Å². The highest BCUT2D eigenvalue weighted by atomic mass is 15.1. The molecule has 3 nitrogen and oxygen atoms in total. The van der Waals surface area contributed by atoms with E-state index in [0.717, 1.165) is 5.69 Å². The standard InChI is InChI=1S/C8H11N3/c1-10-8(9)11-7-5-3-2-4-6-7/h2-6H,1H3,(H3,9,10,11). The third kappa shape index (κ3) is 2.29. The van der Waals surface area contributed by atoms with Crippen molar-refractivity contribution >= 4 is 11.6 Å². The molecule has 0 unspecified atom stereocenters. The molecule has 11 heavy (non-hydrogen) atoms. The minimum atomic E-state index is 0.427. The Balaban J connectivity index is 2.65. The molecule has 1 rings (SSSR count). The van der Waals surface area contributed by atoms with Crippen molar-refractivity contribution in [2.75, 3.05) is 12.4 Å². The lowest BCUT2D eigenvalue weighted by atomic mass is 10.3. The molecule has 0 aromatic heterocycles. The van der Waals surface area contributed by atoms with E-state index >= 15 is 0 Å². The van der Waals surface area contributed by atoms with E-state index in [0.29, 0.717) is 5.96 Å². The number of anilines is 1. The molecule has 58 valence electrons. The Bertz CT molecular complexity index is 241. The van der Waals surface area contributed by atoms with Crippen molar-refractivity contribution in [1.29, 1.82) is 0 Å². The maximum atomic E-state index is 5.44. The number of benzene rings is 1. The number of aliphatic imine (C=N–C) groups is 1. The first-order valence-electron chi connectivity index (χ1n) is 3.37. The normalized spacial score (nSPS) is 11.2. The van der Waals surface area contributed by atoms with Crippen molar-refractivity contribution in [2.45, 2.75) is 0 Å². The Labute approximate surface area is 65.9 Å². The molecule has 1 aromatic rings. The van der Waals surface area contributed by atoms with Crippen LogP contribution < -0.4 is 11.1 Å². The summed E-state index contributed by atoms with van der Waals surface area (Å²) in [5, 5.41) is 2.92. The third-order valence-electron chi connectivity index (χ3n) is 1.29. The number of nitrogens with zero attached hydrogens (tertiary/aromatic N) is 1. The Morgan fingerprint density at radius 3 is 2.55 bits per heavy atom. The summed E-state index contributed by atoms with van der Waals surface area (Å²) < 4.78 is 0. The topological polar surface area (TPSA) is 50.4 Å². The number of hydrogen-bond acceptors (Lipinski definition) is 1. The summed E-state index contributed by atoms with van der Waals surface area (Å²) in [4.78, 5) is 3.77. The maximum Gasteiger partial charge on any atom is 0.192 e. The zero-order valence-electron chi connectivity index (χ0n) is 6.41. The second kappa shape index (κ2) is 3.61. The van der Waals surface area contributed by atoms with E-state index < -0.39 is 0 Å². The number of rotatable bonds is 1. The number of nitrogens with one attached hydrogen (secondary N) is 1. The maximum absolute atomic E-state index is 5.44. The van der Waals surface area contributed by atoms with Crippen LogP contribution in [0, 0.1) is 0 Å². The van der Waals surface area contributed by atoms with Gasteiger partial charge in [-0.05, 0) is 12.1 Å². The summed E-state index contributed by atoms with van der Waals surface area (Å²) in [5.74, 6) is 0.427. The fourth-order valence-electron chi connectivity index (χ4n) is 0.725. The van der Waals surface area contributed by atoms with Gasteiger partial charge in [0.25, 0.3) is 0 Å². The lowest BCUT2D eigenvalue weighted by Crippen LogP contribution is -2.21. The molecular weight excluding hydrogens is 138 g/mol. The molecule has 0 aliphatic heterocycles. The zero-order valence-corrected chi connectivity index (χ0v) is 6.41. The van der Waals surface area contributed by atoms with Crippen LogP contribution in [-0.4, -0.2) is 13.0 Å². The van der Waals surface area contributed by atoms with E-state index in [2.05, 4.69) is 10.3 Å². The molecule has 1 aromatic carbocycles. The van der Waals surface area contributed by atoms with Crippen molar-refractivity contribution in [3.8, 4) is 0 Å². The number of para-hydroxylation sites is 1. The fraction of sp³-hybridized carbons (Fsp3) is 0.125. The van der Waals surface area contributed by atoms with Crippen molar-refractivity contribution in [3.05, 3.63) is 30.3 Å². The summed E-state index contributed by atoms with van der Waals surface area (Å²) in [5.41, 5.74) is 6.40. The van der Waals surface area contributed by atoms with Gasteiger partial charge < -0.3 is 11.1 Å². The van der Waals surface area contributed by atoms with Crippen LogP contribution in [-0.2, 0) is 0 Å². The second-order valence-corrected chi connectivity index (χ2v) is 2.10. The molecule has 0 aliphatic carbocycles. The number of nitrogens with two attached hydrogens (primary N) is 1. The van der Waals surface area contributed by atoms with E-state index in [1.54, 1.807) is 7.05 Å². The van der Waals surface area contributed by atoms with Gasteiger partial charge in [0, 0.05) is 12.7 Å². The smallest absolute Gasteiger partial charge is 0.192 e. The molecule has 0 atom stereocenters. The fourth-order valence-corrected chi connectivity index (χ4v) is 0.725. The van der Waals surface area contributed by atoms with Crippen LogP contribution in [0.15, 0.2) is 35.3 Å². The highest BCUT2D eigenvalue weighted by molar-refractivity contribution is 5.91. The minimum Gasteiger partial charge on any atom is -0.370 e. The van der Waals surface area contributed by atoms with Gasteiger partial charge in [-0.15, -0.1) is 0 Å². The SMILES string of the molecule is C/N=C(/N)Nc1ccccc1. The highest BCUT2D eigenvalue weighted by Crippen LogP contribution is 2.03. The highest BCUT2D eigenvalue weighted by Gasteiger charge is 1.89. The first-order chi connectivity index (χ1) is 5.33. The van der Waals surface area contributed by atoms with Gasteiger partial charge in [0.2, 0.25) is 0 Å². The van der Waals surface area contributed by atoms with Crippen LogP contribution in [0.25, 0.3) is 0 Å². The zero-order chi connectivity index (χ0) is 8.10. The summed E-state index contributed by atoms with van der Waals surface area (Å²) in [6.45, 7) is 0. The first-order valence-corrected chi connectivity index (χ1v) is 3.37. The molecule has 0 amide bonds. The van der Waals surface area contributed by atoms with Crippen LogP contribution in [0.4, 0.5) is 5.69 Å². The van der Waals surface area contributed by atoms with Crippen LogP contribution in [0.1, 0.15) is 0 Å². The minimum absolute atomic E-state index is 0.427. The van der Waals surface area contributed by atoms with E-state index in [9.17, 15) is 0 Å². The molecule has 0 saturated carbocycles. The van der Waals surface area contributed by atoms with Gasteiger partial charge in [-0.25, -0.2) is 0 Å². The summed E-state index contributed by atoms with van der Waals surface area (Å²) in [6.07, 6.45) is 0. The lowest BCUT2D eigenvalue weighted by Gasteiger charge is -2.02. The van der Waals surface area contributed by atoms with Crippen LogP contribution in [0.5, 0.6) is 0 Å². The van der Waals surface area contributed by atoms with Gasteiger partial charge in [-0.3, -0.25) is 4.99 Å². The second-order valence-electron chi connectivity index (χ2n) is 2.10. The quantitative estimate of drug-likeness (QED) is 0.463. The third-order valence-corrected chi connectivity index (χ3v) is 1.29. The van der Waals surface area contributed by atoms with Gasteiger partial charge in [0.05, 0.1) is 0 Å². The van der Waals surface area contributed by atoms with E-state index in [4.69, 9.17) is 5.73 Å². The van der Waals surface area contributed by atoms with Crippen LogP contribution >= 0.6 is 0 Å². The van der Waals surface area contributed by atoms with Crippen molar-refractivity contribution in [3.63, 3.8) is 0 Å². The first kappa shape index (κ1) is 7.60. The molecular formula is C8H11N3. The van der Waals surface area contributed by atoms with Gasteiger partial charge >= 0.3 is 0 Å². The average molecular weight is 149 g/mol. The molecule has 0 fully saturated rings. The van der Waals surface area contributed by atoms with Gasteiger partial charge in [-0.2, -0.15) is 0 Å². The van der Waals surface area contributed by atoms with Crippen molar-refractivity contribution in [2.24, 2.45) is 10.7 Å². The molecule has 0 bridgehead atoms. The van der Waals surface area contributed by atoms with Gasteiger partial charge in [0.15, 0.2) is 5.96 Å². The Hall–Kier alpha value is -1.51. The van der Waals surface area contributed by atoms with Gasteiger partial charge in [-0.1, -0.05) is 18.2 Å². The molecule has 0 saturated heterocycles. The van der Waals surface area contributed by atoms with Crippen molar-refractivity contribution in [1.82, 2.24) is 0 Å². The monoisotopic (exact) mass is 149 g/mol. The molecule has 0 radical (unpaired) electrons. The van der Waals surface area contributed by atoms with Crippen molar-refractivity contribution < 1.29 is 0 Å². The van der Waals surface area contributed by atoms with E-state index in [1.165, 1.54) is 0 Å². The Morgan fingerprint density at radius 1 is 1.36 bits per heavy atom. The van der Waals surface area contributed by atoms with Gasteiger partial charge in [0.1, 0.15) is 0 Å².